The maximum Gasteiger partial charge on any atom is 0.290 e. The Morgan fingerprint density at radius 3 is 3.00 bits per heavy atom. The van der Waals surface area contributed by atoms with E-state index >= 15 is 0 Å². The number of hydrogen-bond acceptors (Lipinski definition) is 5. The topological polar surface area (TPSA) is 94.0 Å². The van der Waals surface area contributed by atoms with E-state index in [0.717, 1.165) is 25.8 Å². The van der Waals surface area contributed by atoms with Gasteiger partial charge in [0, 0.05) is 0 Å². The predicted molar refractivity (Wildman–Crippen MR) is 47.4 cm³/mol. The number of carbonyl (C=O) groups excluding carboxylic acids is 1. The first-order valence-corrected chi connectivity index (χ1v) is 4.64. The van der Waals surface area contributed by atoms with E-state index in [-0.39, 0.29) is 11.9 Å². The Hall–Kier alpha value is -1.43. The zero-order valence-electron chi connectivity index (χ0n) is 7.69. The summed E-state index contributed by atoms with van der Waals surface area (Å²) in [6, 6.07) is 0.0735. The number of carbonyl (C=O) groups is 1. The molecule has 3 N–H and O–H groups in total. The molecule has 0 radical (unpaired) electrons. The van der Waals surface area contributed by atoms with Crippen LogP contribution in [0.2, 0.25) is 0 Å². The van der Waals surface area contributed by atoms with E-state index in [2.05, 4.69) is 15.5 Å². The molecule has 0 aromatic carbocycles. The van der Waals surface area contributed by atoms with Crippen molar-refractivity contribution in [1.29, 1.82) is 0 Å². The van der Waals surface area contributed by atoms with Crippen LogP contribution in [0.4, 0.5) is 0 Å². The number of aromatic nitrogens is 2. The molecule has 2 heterocycles. The second-order valence-corrected chi connectivity index (χ2v) is 3.32. The first-order valence-electron chi connectivity index (χ1n) is 4.64. The highest BCUT2D eigenvalue weighted by molar-refractivity contribution is 5.88. The van der Waals surface area contributed by atoms with Crippen LogP contribution < -0.4 is 11.1 Å². The highest BCUT2D eigenvalue weighted by Gasteiger charge is 2.21. The normalized spacial score (nSPS) is 22.1. The van der Waals surface area contributed by atoms with E-state index in [9.17, 15) is 4.79 Å². The average molecular weight is 196 g/mol. The lowest BCUT2D eigenvalue weighted by Gasteiger charge is -2.19. The predicted octanol–water partition coefficient (Wildman–Crippen LogP) is -0.0169. The Labute approximate surface area is 80.9 Å². The number of piperidine rings is 1. The summed E-state index contributed by atoms with van der Waals surface area (Å²) in [5, 5.41) is 6.73. The van der Waals surface area contributed by atoms with E-state index in [1.165, 1.54) is 0 Å². The number of rotatable bonds is 2. The van der Waals surface area contributed by atoms with Gasteiger partial charge in [-0.25, -0.2) is 0 Å². The van der Waals surface area contributed by atoms with Gasteiger partial charge in [-0.15, -0.1) is 0 Å². The van der Waals surface area contributed by atoms with Crippen molar-refractivity contribution in [2.75, 3.05) is 6.54 Å². The number of nitrogens with two attached hydrogens (primary N) is 1. The summed E-state index contributed by atoms with van der Waals surface area (Å²) in [6.45, 7) is 0.943. The molecule has 0 aliphatic carbocycles. The van der Waals surface area contributed by atoms with Crippen LogP contribution in [-0.4, -0.2) is 22.6 Å². The van der Waals surface area contributed by atoms with E-state index < -0.39 is 5.91 Å². The monoisotopic (exact) mass is 196 g/mol. The Morgan fingerprint density at radius 2 is 2.43 bits per heavy atom. The fourth-order valence-electron chi connectivity index (χ4n) is 1.54. The van der Waals surface area contributed by atoms with Crippen LogP contribution >= 0.6 is 0 Å². The van der Waals surface area contributed by atoms with Gasteiger partial charge in [-0.3, -0.25) is 4.79 Å². The highest BCUT2D eigenvalue weighted by atomic mass is 16.5. The molecule has 1 aromatic rings. The van der Waals surface area contributed by atoms with Crippen LogP contribution in [0.15, 0.2) is 4.52 Å². The smallest absolute Gasteiger partial charge is 0.290 e. The van der Waals surface area contributed by atoms with Gasteiger partial charge in [0.15, 0.2) is 0 Å². The Kier molecular flexibility index (Phi) is 2.45. The van der Waals surface area contributed by atoms with Crippen LogP contribution in [0.25, 0.3) is 0 Å². The molecule has 1 aromatic heterocycles. The molecule has 14 heavy (non-hydrogen) atoms. The molecule has 6 nitrogen and oxygen atoms in total. The zero-order chi connectivity index (χ0) is 9.97. The number of nitrogens with one attached hydrogen (secondary N) is 1. The Morgan fingerprint density at radius 1 is 1.57 bits per heavy atom. The summed E-state index contributed by atoms with van der Waals surface area (Å²) in [5.74, 6) is -0.248. The van der Waals surface area contributed by atoms with Crippen molar-refractivity contribution in [3.05, 3.63) is 11.7 Å². The van der Waals surface area contributed by atoms with Crippen molar-refractivity contribution < 1.29 is 9.32 Å². The lowest BCUT2D eigenvalue weighted by atomic mass is 10.1. The van der Waals surface area contributed by atoms with Crippen molar-refractivity contribution in [2.24, 2.45) is 5.73 Å². The molecule has 0 bridgehead atoms. The van der Waals surface area contributed by atoms with Gasteiger partial charge in [-0.2, -0.15) is 4.98 Å². The van der Waals surface area contributed by atoms with Gasteiger partial charge in [0.05, 0.1) is 6.04 Å². The fraction of sp³-hybridized carbons (Fsp3) is 0.625. The molecule has 1 atom stereocenters. The highest BCUT2D eigenvalue weighted by Crippen LogP contribution is 2.20. The zero-order valence-corrected chi connectivity index (χ0v) is 7.69. The largest absolute Gasteiger partial charge is 0.363 e. The molecule has 1 amide bonds. The molecular weight excluding hydrogens is 184 g/mol. The molecule has 1 saturated heterocycles. The maximum atomic E-state index is 10.7. The van der Waals surface area contributed by atoms with Crippen LogP contribution in [0.3, 0.4) is 0 Å². The minimum absolute atomic E-state index is 0.0487. The SMILES string of the molecule is NC(=O)c1noc([C@@H]2CCCCN2)n1. The average Bonchev–Trinajstić information content (AvgIpc) is 2.68. The van der Waals surface area contributed by atoms with Gasteiger partial charge in [-0.1, -0.05) is 11.6 Å². The standard InChI is InChI=1S/C8H12N4O2/c9-6(13)7-11-8(14-12-7)5-3-1-2-4-10-5/h5,10H,1-4H2,(H2,9,13)/t5-/m0/s1. The third kappa shape index (κ3) is 1.74. The molecule has 2 rings (SSSR count). The minimum Gasteiger partial charge on any atom is -0.363 e. The molecule has 76 valence electrons. The summed E-state index contributed by atoms with van der Waals surface area (Å²) < 4.78 is 4.94. The van der Waals surface area contributed by atoms with Crippen LogP contribution in [0.5, 0.6) is 0 Å². The van der Waals surface area contributed by atoms with Crippen LogP contribution in [0.1, 0.15) is 41.8 Å². The third-order valence-electron chi connectivity index (χ3n) is 2.27. The number of primary amides is 1. The summed E-state index contributed by atoms with van der Waals surface area (Å²) in [7, 11) is 0. The fourth-order valence-corrected chi connectivity index (χ4v) is 1.54. The summed E-state index contributed by atoms with van der Waals surface area (Å²) >= 11 is 0. The van der Waals surface area contributed by atoms with Crippen molar-refractivity contribution in [3.63, 3.8) is 0 Å². The third-order valence-corrected chi connectivity index (χ3v) is 2.27. The van der Waals surface area contributed by atoms with Crippen molar-refractivity contribution in [2.45, 2.75) is 25.3 Å². The van der Waals surface area contributed by atoms with Crippen molar-refractivity contribution in [3.8, 4) is 0 Å². The summed E-state index contributed by atoms with van der Waals surface area (Å²) in [5.41, 5.74) is 5.01. The molecular formula is C8H12N4O2. The number of nitrogens with zero attached hydrogens (tertiary/aromatic N) is 2. The Bertz CT molecular complexity index is 330. The van der Waals surface area contributed by atoms with Crippen LogP contribution in [-0.2, 0) is 0 Å². The number of amides is 1. The van der Waals surface area contributed by atoms with Crippen molar-refractivity contribution in [1.82, 2.24) is 15.5 Å². The first kappa shape index (κ1) is 9.14. The van der Waals surface area contributed by atoms with E-state index in [0.29, 0.717) is 5.89 Å². The second-order valence-electron chi connectivity index (χ2n) is 3.32. The molecule has 0 unspecified atom stereocenters. The molecule has 1 aliphatic heterocycles. The van der Waals surface area contributed by atoms with Gasteiger partial charge in [0.2, 0.25) is 5.89 Å². The van der Waals surface area contributed by atoms with Crippen molar-refractivity contribution >= 4 is 5.91 Å². The van der Waals surface area contributed by atoms with E-state index in [4.69, 9.17) is 10.3 Å². The first-order chi connectivity index (χ1) is 6.77. The molecule has 0 saturated carbocycles. The summed E-state index contributed by atoms with van der Waals surface area (Å²) in [4.78, 5) is 14.6. The van der Waals surface area contributed by atoms with Crippen LogP contribution in [0, 0.1) is 0 Å². The molecule has 1 fully saturated rings. The van der Waals surface area contributed by atoms with Gasteiger partial charge < -0.3 is 15.6 Å². The molecule has 0 spiro atoms. The Balaban J connectivity index is 2.11. The van der Waals surface area contributed by atoms with Gasteiger partial charge in [0.1, 0.15) is 0 Å². The number of hydrogen-bond donors (Lipinski definition) is 2. The summed E-state index contributed by atoms with van der Waals surface area (Å²) in [6.07, 6.45) is 3.25. The van der Waals surface area contributed by atoms with Gasteiger partial charge in [0.25, 0.3) is 11.7 Å². The van der Waals surface area contributed by atoms with Gasteiger partial charge >= 0.3 is 0 Å². The molecule has 1 aliphatic rings. The molecule has 6 heteroatoms. The minimum atomic E-state index is -0.657. The van der Waals surface area contributed by atoms with E-state index in [1.807, 2.05) is 0 Å². The quantitative estimate of drug-likeness (QED) is 0.693. The maximum absolute atomic E-state index is 10.7. The van der Waals surface area contributed by atoms with E-state index in [1.54, 1.807) is 0 Å². The lowest BCUT2D eigenvalue weighted by molar-refractivity contribution is 0.0987. The van der Waals surface area contributed by atoms with Gasteiger partial charge in [-0.05, 0) is 19.4 Å². The second kappa shape index (κ2) is 3.75. The lowest BCUT2D eigenvalue weighted by Crippen LogP contribution is -2.27.